The Morgan fingerprint density at radius 3 is 2.83 bits per heavy atom. The molecule has 23 heavy (non-hydrogen) atoms. The highest BCUT2D eigenvalue weighted by Gasteiger charge is 2.14. The maximum atomic E-state index is 12.3. The lowest BCUT2D eigenvalue weighted by Crippen LogP contribution is -2.28. The summed E-state index contributed by atoms with van der Waals surface area (Å²) < 4.78 is 10.7. The van der Waals surface area contributed by atoms with E-state index < -0.39 is 0 Å². The van der Waals surface area contributed by atoms with Gasteiger partial charge in [0.1, 0.15) is 11.3 Å². The third-order valence-electron chi connectivity index (χ3n) is 3.80. The van der Waals surface area contributed by atoms with Crippen LogP contribution >= 0.6 is 0 Å². The van der Waals surface area contributed by atoms with Crippen molar-refractivity contribution in [2.24, 2.45) is 0 Å². The summed E-state index contributed by atoms with van der Waals surface area (Å²) in [6, 6.07) is 9.31. The number of furan rings is 1. The van der Waals surface area contributed by atoms with Gasteiger partial charge in [0, 0.05) is 29.4 Å². The van der Waals surface area contributed by atoms with Crippen LogP contribution in [0.3, 0.4) is 0 Å². The lowest BCUT2D eigenvalue weighted by atomic mass is 10.1. The summed E-state index contributed by atoms with van der Waals surface area (Å²) in [5, 5.41) is 3.92. The summed E-state index contributed by atoms with van der Waals surface area (Å²) in [7, 11) is 1.61. The molecule has 3 aromatic rings. The normalized spacial score (nSPS) is 12.1. The fourth-order valence-electron chi connectivity index (χ4n) is 2.53. The molecule has 5 heteroatoms. The number of carbonyl (C=O) groups is 1. The number of aromatic nitrogens is 1. The second-order valence-corrected chi connectivity index (χ2v) is 5.37. The van der Waals surface area contributed by atoms with E-state index in [1.807, 2.05) is 37.3 Å². The van der Waals surface area contributed by atoms with Gasteiger partial charge in [-0.25, -0.2) is 0 Å². The van der Waals surface area contributed by atoms with E-state index in [0.717, 1.165) is 22.3 Å². The highest BCUT2D eigenvalue weighted by molar-refractivity contribution is 5.88. The number of pyridine rings is 1. The van der Waals surface area contributed by atoms with Crippen molar-refractivity contribution in [1.82, 2.24) is 10.3 Å². The number of benzene rings is 1. The molecule has 0 fully saturated rings. The Morgan fingerprint density at radius 1 is 1.30 bits per heavy atom. The molecule has 0 aliphatic heterocycles. The van der Waals surface area contributed by atoms with Gasteiger partial charge in [-0.1, -0.05) is 0 Å². The molecule has 1 aromatic carbocycles. The summed E-state index contributed by atoms with van der Waals surface area (Å²) in [5.74, 6) is 0.682. The second kappa shape index (κ2) is 6.52. The number of nitrogens with one attached hydrogen (secondary N) is 1. The Kier molecular flexibility index (Phi) is 4.28. The highest BCUT2D eigenvalue weighted by atomic mass is 16.5. The Labute approximate surface area is 134 Å². The van der Waals surface area contributed by atoms with E-state index in [2.05, 4.69) is 10.3 Å². The van der Waals surface area contributed by atoms with Crippen LogP contribution in [-0.4, -0.2) is 18.0 Å². The van der Waals surface area contributed by atoms with Crippen LogP contribution in [0.5, 0.6) is 5.75 Å². The van der Waals surface area contributed by atoms with E-state index in [0.29, 0.717) is 5.58 Å². The van der Waals surface area contributed by atoms with Gasteiger partial charge in [0.25, 0.3) is 0 Å². The molecule has 1 amide bonds. The molecule has 0 bridgehead atoms. The van der Waals surface area contributed by atoms with Crippen LogP contribution in [0.4, 0.5) is 0 Å². The molecule has 5 nitrogen and oxygen atoms in total. The number of amides is 1. The molecule has 2 aromatic heterocycles. The molecule has 0 aliphatic carbocycles. The van der Waals surface area contributed by atoms with Crippen molar-refractivity contribution in [3.8, 4) is 5.75 Å². The van der Waals surface area contributed by atoms with Crippen LogP contribution in [0, 0.1) is 0 Å². The predicted molar refractivity (Wildman–Crippen MR) is 87.3 cm³/mol. The number of carbonyl (C=O) groups excluding carboxylic acids is 1. The van der Waals surface area contributed by atoms with Crippen molar-refractivity contribution < 1.29 is 13.9 Å². The summed E-state index contributed by atoms with van der Waals surface area (Å²) in [6.45, 7) is 1.95. The largest absolute Gasteiger partial charge is 0.497 e. The molecule has 1 atom stereocenters. The molecule has 0 aliphatic rings. The van der Waals surface area contributed by atoms with Crippen molar-refractivity contribution >= 4 is 16.9 Å². The van der Waals surface area contributed by atoms with E-state index in [1.165, 1.54) is 0 Å². The summed E-state index contributed by atoms with van der Waals surface area (Å²) in [6.07, 6.45) is 5.33. The van der Waals surface area contributed by atoms with Crippen LogP contribution in [0.2, 0.25) is 0 Å². The van der Waals surface area contributed by atoms with Crippen LogP contribution in [0.25, 0.3) is 11.0 Å². The van der Waals surface area contributed by atoms with E-state index in [9.17, 15) is 4.79 Å². The van der Waals surface area contributed by atoms with E-state index in [1.54, 1.807) is 25.8 Å². The molecule has 118 valence electrons. The van der Waals surface area contributed by atoms with Gasteiger partial charge >= 0.3 is 0 Å². The topological polar surface area (TPSA) is 64.4 Å². The van der Waals surface area contributed by atoms with Gasteiger partial charge in [0.15, 0.2) is 0 Å². The quantitative estimate of drug-likeness (QED) is 0.785. The number of rotatable bonds is 5. The predicted octanol–water partition coefficient (Wildman–Crippen LogP) is 3.26. The Balaban J connectivity index is 1.71. The first-order valence-electron chi connectivity index (χ1n) is 7.41. The van der Waals surface area contributed by atoms with E-state index >= 15 is 0 Å². The minimum absolute atomic E-state index is 0.0483. The molecule has 0 unspecified atom stereocenters. The van der Waals surface area contributed by atoms with Gasteiger partial charge in [-0.2, -0.15) is 0 Å². The van der Waals surface area contributed by atoms with Gasteiger partial charge in [0.05, 0.1) is 25.8 Å². The average molecular weight is 310 g/mol. The smallest absolute Gasteiger partial charge is 0.225 e. The zero-order valence-corrected chi connectivity index (χ0v) is 13.1. The molecule has 0 saturated carbocycles. The highest BCUT2D eigenvalue weighted by Crippen LogP contribution is 2.26. The van der Waals surface area contributed by atoms with Crippen molar-refractivity contribution in [2.75, 3.05) is 7.11 Å². The molecule has 0 saturated heterocycles. The first-order valence-corrected chi connectivity index (χ1v) is 7.41. The Hall–Kier alpha value is -2.82. The fourth-order valence-corrected chi connectivity index (χ4v) is 2.53. The zero-order valence-electron chi connectivity index (χ0n) is 13.1. The molecule has 0 spiro atoms. The van der Waals surface area contributed by atoms with Crippen molar-refractivity contribution in [3.63, 3.8) is 0 Å². The third kappa shape index (κ3) is 3.34. The van der Waals surface area contributed by atoms with Crippen LogP contribution < -0.4 is 10.1 Å². The Bertz CT molecular complexity index is 812. The monoisotopic (exact) mass is 310 g/mol. The number of fused-ring (bicyclic) bond motifs is 1. The molecular formula is C18H18N2O3. The number of hydrogen-bond acceptors (Lipinski definition) is 4. The molecular weight excluding hydrogens is 292 g/mol. The average Bonchev–Trinajstić information content (AvgIpc) is 2.97. The van der Waals surface area contributed by atoms with E-state index in [4.69, 9.17) is 9.15 Å². The fraction of sp³-hybridized carbons (Fsp3) is 0.222. The van der Waals surface area contributed by atoms with E-state index in [-0.39, 0.29) is 18.4 Å². The van der Waals surface area contributed by atoms with Crippen molar-refractivity contribution in [3.05, 3.63) is 60.1 Å². The number of ether oxygens (including phenoxy) is 1. The second-order valence-electron chi connectivity index (χ2n) is 5.37. The maximum absolute atomic E-state index is 12.3. The molecule has 1 N–H and O–H groups in total. The summed E-state index contributed by atoms with van der Waals surface area (Å²) in [4.78, 5) is 16.2. The minimum Gasteiger partial charge on any atom is -0.497 e. The van der Waals surface area contributed by atoms with Crippen molar-refractivity contribution in [2.45, 2.75) is 19.4 Å². The van der Waals surface area contributed by atoms with Gasteiger partial charge < -0.3 is 14.5 Å². The third-order valence-corrected chi connectivity index (χ3v) is 3.80. The molecule has 0 radical (unpaired) electrons. The molecule has 3 rings (SSSR count). The first kappa shape index (κ1) is 15.1. The minimum atomic E-state index is -0.0660. The summed E-state index contributed by atoms with van der Waals surface area (Å²) in [5.41, 5.74) is 2.60. The van der Waals surface area contributed by atoms with Gasteiger partial charge in [-0.15, -0.1) is 0 Å². The molecule has 2 heterocycles. The van der Waals surface area contributed by atoms with Crippen molar-refractivity contribution in [1.29, 1.82) is 0 Å². The number of hydrogen-bond donors (Lipinski definition) is 1. The zero-order chi connectivity index (χ0) is 16.2. The van der Waals surface area contributed by atoms with Crippen LogP contribution in [0.15, 0.2) is 53.4 Å². The SMILES string of the molecule is COc1ccc2c(CC(=O)N[C@H](C)c3ccncc3)coc2c1. The Morgan fingerprint density at radius 2 is 2.09 bits per heavy atom. The lowest BCUT2D eigenvalue weighted by Gasteiger charge is -2.13. The van der Waals surface area contributed by atoms with Crippen LogP contribution in [-0.2, 0) is 11.2 Å². The number of methoxy groups -OCH3 is 1. The number of nitrogens with zero attached hydrogens (tertiary/aromatic N) is 1. The van der Waals surface area contributed by atoms with Gasteiger partial charge in [-0.05, 0) is 36.8 Å². The standard InChI is InChI=1S/C18H18N2O3/c1-12(13-5-7-19-8-6-13)20-18(21)9-14-11-23-17-10-15(22-2)3-4-16(14)17/h3-8,10-12H,9H2,1-2H3,(H,20,21)/t12-/m1/s1. The van der Waals surface area contributed by atoms with Gasteiger partial charge in [-0.3, -0.25) is 9.78 Å². The lowest BCUT2D eigenvalue weighted by molar-refractivity contribution is -0.121. The van der Waals surface area contributed by atoms with Gasteiger partial charge in [0.2, 0.25) is 5.91 Å². The first-order chi connectivity index (χ1) is 11.2. The summed E-state index contributed by atoms with van der Waals surface area (Å²) >= 11 is 0. The maximum Gasteiger partial charge on any atom is 0.225 e. The van der Waals surface area contributed by atoms with Crippen LogP contribution in [0.1, 0.15) is 24.1 Å².